The van der Waals surface area contributed by atoms with Crippen LogP contribution < -0.4 is 0 Å². The number of aromatic nitrogens is 1. The number of alkyl halides is 3. The fraction of sp³-hybridized carbons (Fsp3) is 0.0833. The Morgan fingerprint density at radius 1 is 0.941 bits per heavy atom. The molecule has 0 saturated heterocycles. The molecular formula is C12H7F3IN. The van der Waals surface area contributed by atoms with Crippen LogP contribution in [0.1, 0.15) is 5.56 Å². The highest BCUT2D eigenvalue weighted by Crippen LogP contribution is 2.30. The van der Waals surface area contributed by atoms with Crippen LogP contribution in [0.2, 0.25) is 0 Å². The predicted octanol–water partition coefficient (Wildman–Crippen LogP) is 4.37. The van der Waals surface area contributed by atoms with Gasteiger partial charge in [-0.25, -0.2) is 0 Å². The number of rotatable bonds is 1. The summed E-state index contributed by atoms with van der Waals surface area (Å²) in [5.41, 5.74) is 0.898. The molecule has 2 aromatic rings. The zero-order chi connectivity index (χ0) is 12.5. The molecule has 0 aliphatic heterocycles. The third kappa shape index (κ3) is 2.96. The summed E-state index contributed by atoms with van der Waals surface area (Å²) in [6, 6.07) is 6.94. The molecule has 0 unspecified atom stereocenters. The minimum absolute atomic E-state index is 0.639. The first-order valence-corrected chi connectivity index (χ1v) is 5.83. The molecule has 1 aromatic carbocycles. The predicted molar refractivity (Wildman–Crippen MR) is 67.4 cm³/mol. The molecule has 0 aliphatic carbocycles. The number of nitrogens with zero attached hydrogens (tertiary/aromatic N) is 1. The fourth-order valence-corrected chi connectivity index (χ4v) is 1.92. The highest BCUT2D eigenvalue weighted by Gasteiger charge is 2.29. The fourth-order valence-electron chi connectivity index (χ4n) is 1.42. The van der Waals surface area contributed by atoms with Crippen LogP contribution in [-0.4, -0.2) is 4.98 Å². The maximum Gasteiger partial charge on any atom is 0.416 e. The van der Waals surface area contributed by atoms with E-state index in [0.29, 0.717) is 0 Å². The van der Waals surface area contributed by atoms with E-state index in [1.165, 1.54) is 12.1 Å². The molecule has 0 amide bonds. The van der Waals surface area contributed by atoms with Crippen molar-refractivity contribution in [3.63, 3.8) is 0 Å². The maximum absolute atomic E-state index is 12.4. The Balaban J connectivity index is 2.36. The Labute approximate surface area is 110 Å². The van der Waals surface area contributed by atoms with Crippen molar-refractivity contribution in [1.29, 1.82) is 0 Å². The Kier molecular flexibility index (Phi) is 3.37. The Bertz CT molecular complexity index is 520. The third-order valence-corrected chi connectivity index (χ3v) is 2.84. The van der Waals surface area contributed by atoms with Crippen molar-refractivity contribution in [2.24, 2.45) is 0 Å². The number of benzene rings is 1. The van der Waals surface area contributed by atoms with E-state index < -0.39 is 11.7 Å². The summed E-state index contributed by atoms with van der Waals surface area (Å²) in [6.07, 6.45) is -0.971. The van der Waals surface area contributed by atoms with E-state index in [2.05, 4.69) is 27.6 Å². The number of pyridine rings is 1. The van der Waals surface area contributed by atoms with E-state index in [0.717, 1.165) is 26.8 Å². The van der Waals surface area contributed by atoms with Crippen molar-refractivity contribution in [3.05, 3.63) is 51.9 Å². The molecule has 2 rings (SSSR count). The standard InChI is InChI=1S/C12H7F3IN/c13-12(14,15)10-3-1-8(2-4-10)9-5-11(16)7-17-6-9/h1-7H. The summed E-state index contributed by atoms with van der Waals surface area (Å²) in [5.74, 6) is 0. The highest BCUT2D eigenvalue weighted by molar-refractivity contribution is 14.1. The van der Waals surface area contributed by atoms with Gasteiger partial charge in [0, 0.05) is 21.5 Å². The molecule has 5 heteroatoms. The van der Waals surface area contributed by atoms with Crippen molar-refractivity contribution in [1.82, 2.24) is 4.98 Å². The molecule has 0 spiro atoms. The van der Waals surface area contributed by atoms with Gasteiger partial charge in [-0.15, -0.1) is 0 Å². The lowest BCUT2D eigenvalue weighted by molar-refractivity contribution is -0.137. The average Bonchev–Trinajstić information content (AvgIpc) is 2.28. The summed E-state index contributed by atoms with van der Waals surface area (Å²) >= 11 is 2.11. The van der Waals surface area contributed by atoms with Gasteiger partial charge in [0.05, 0.1) is 5.56 Å². The molecule has 1 aromatic heterocycles. The molecule has 0 atom stereocenters. The second-order valence-electron chi connectivity index (χ2n) is 3.47. The number of hydrogen-bond donors (Lipinski definition) is 0. The van der Waals surface area contributed by atoms with E-state index in [1.54, 1.807) is 12.4 Å². The topological polar surface area (TPSA) is 12.9 Å². The van der Waals surface area contributed by atoms with E-state index in [1.807, 2.05) is 6.07 Å². The zero-order valence-electron chi connectivity index (χ0n) is 8.50. The molecule has 17 heavy (non-hydrogen) atoms. The van der Waals surface area contributed by atoms with Crippen molar-refractivity contribution < 1.29 is 13.2 Å². The lowest BCUT2D eigenvalue weighted by Crippen LogP contribution is -2.03. The lowest BCUT2D eigenvalue weighted by Gasteiger charge is -2.07. The summed E-state index contributed by atoms with van der Waals surface area (Å²) < 4.78 is 38.1. The van der Waals surface area contributed by atoms with Gasteiger partial charge in [0.25, 0.3) is 0 Å². The second kappa shape index (κ2) is 4.64. The zero-order valence-corrected chi connectivity index (χ0v) is 10.7. The van der Waals surface area contributed by atoms with Crippen LogP contribution in [0, 0.1) is 3.57 Å². The molecule has 1 nitrogen and oxygen atoms in total. The van der Waals surface area contributed by atoms with Gasteiger partial charge in [-0.2, -0.15) is 13.2 Å². The molecule has 0 N–H and O–H groups in total. The quantitative estimate of drug-likeness (QED) is 0.697. The van der Waals surface area contributed by atoms with E-state index in [4.69, 9.17) is 0 Å². The van der Waals surface area contributed by atoms with Gasteiger partial charge in [-0.3, -0.25) is 4.98 Å². The molecule has 0 radical (unpaired) electrons. The van der Waals surface area contributed by atoms with Crippen LogP contribution in [0.5, 0.6) is 0 Å². The van der Waals surface area contributed by atoms with Crippen LogP contribution >= 0.6 is 22.6 Å². The molecule has 0 fully saturated rings. The van der Waals surface area contributed by atoms with Crippen molar-refractivity contribution >= 4 is 22.6 Å². The third-order valence-electron chi connectivity index (χ3n) is 2.25. The van der Waals surface area contributed by atoms with Gasteiger partial charge in [-0.05, 0) is 46.4 Å². The minimum Gasteiger partial charge on any atom is -0.263 e. The average molecular weight is 349 g/mol. The Morgan fingerprint density at radius 3 is 2.12 bits per heavy atom. The van der Waals surface area contributed by atoms with Gasteiger partial charge >= 0.3 is 6.18 Å². The Hall–Kier alpha value is -1.11. The van der Waals surface area contributed by atoms with Crippen molar-refractivity contribution in [2.45, 2.75) is 6.18 Å². The van der Waals surface area contributed by atoms with E-state index in [-0.39, 0.29) is 0 Å². The van der Waals surface area contributed by atoms with Crippen molar-refractivity contribution in [3.8, 4) is 11.1 Å². The maximum atomic E-state index is 12.4. The van der Waals surface area contributed by atoms with Gasteiger partial charge in [-0.1, -0.05) is 12.1 Å². The SMILES string of the molecule is FC(F)(F)c1ccc(-c2cncc(I)c2)cc1. The van der Waals surface area contributed by atoms with Crippen LogP contribution in [-0.2, 0) is 6.18 Å². The minimum atomic E-state index is -4.29. The second-order valence-corrected chi connectivity index (χ2v) is 4.71. The van der Waals surface area contributed by atoms with Gasteiger partial charge < -0.3 is 0 Å². The number of halogens is 4. The molecular weight excluding hydrogens is 342 g/mol. The molecule has 0 bridgehead atoms. The molecule has 0 aliphatic rings. The van der Waals surface area contributed by atoms with Gasteiger partial charge in [0.2, 0.25) is 0 Å². The highest BCUT2D eigenvalue weighted by atomic mass is 127. The van der Waals surface area contributed by atoms with Crippen LogP contribution in [0.15, 0.2) is 42.7 Å². The summed E-state index contributed by atoms with van der Waals surface area (Å²) in [7, 11) is 0. The first-order valence-electron chi connectivity index (χ1n) is 4.75. The van der Waals surface area contributed by atoms with E-state index >= 15 is 0 Å². The van der Waals surface area contributed by atoms with E-state index in [9.17, 15) is 13.2 Å². The van der Waals surface area contributed by atoms with Gasteiger partial charge in [0.1, 0.15) is 0 Å². The van der Waals surface area contributed by atoms with Crippen molar-refractivity contribution in [2.75, 3.05) is 0 Å². The normalized spacial score (nSPS) is 11.5. The summed E-state index contributed by atoms with van der Waals surface area (Å²) in [4.78, 5) is 4.00. The summed E-state index contributed by atoms with van der Waals surface area (Å²) in [5, 5.41) is 0. The molecule has 0 saturated carbocycles. The monoisotopic (exact) mass is 349 g/mol. The van der Waals surface area contributed by atoms with Crippen LogP contribution in [0.25, 0.3) is 11.1 Å². The van der Waals surface area contributed by atoms with Crippen LogP contribution in [0.4, 0.5) is 13.2 Å². The summed E-state index contributed by atoms with van der Waals surface area (Å²) in [6.45, 7) is 0. The molecule has 1 heterocycles. The Morgan fingerprint density at radius 2 is 1.59 bits per heavy atom. The smallest absolute Gasteiger partial charge is 0.263 e. The van der Waals surface area contributed by atoms with Gasteiger partial charge in [0.15, 0.2) is 0 Å². The largest absolute Gasteiger partial charge is 0.416 e. The first kappa shape index (κ1) is 12.3. The first-order chi connectivity index (χ1) is 7.97. The number of hydrogen-bond acceptors (Lipinski definition) is 1. The molecule has 88 valence electrons. The lowest BCUT2D eigenvalue weighted by atomic mass is 10.1. The van der Waals surface area contributed by atoms with Crippen LogP contribution in [0.3, 0.4) is 0 Å².